The van der Waals surface area contributed by atoms with E-state index in [1.54, 1.807) is 15.3 Å². The quantitative estimate of drug-likeness (QED) is 0.320. The summed E-state index contributed by atoms with van der Waals surface area (Å²) in [6.07, 6.45) is 0.430. The number of fused-ring (bicyclic) bond motifs is 1. The maximum atomic E-state index is 13.5. The Kier molecular flexibility index (Phi) is 6.28. The highest BCUT2D eigenvalue weighted by molar-refractivity contribution is 7.14. The first-order valence-electron chi connectivity index (χ1n) is 11.9. The molecular formula is C28H27N5O2S. The smallest absolute Gasteiger partial charge is 0.253 e. The molecular weight excluding hydrogens is 470 g/mol. The number of hydrogen-bond donors (Lipinski definition) is 1. The summed E-state index contributed by atoms with van der Waals surface area (Å²) in [7, 11) is 0. The first-order valence-corrected chi connectivity index (χ1v) is 12.8. The number of rotatable bonds is 6. The number of thiazole rings is 1. The van der Waals surface area contributed by atoms with Gasteiger partial charge in [0.05, 0.1) is 17.1 Å². The number of aromatic nitrogens is 4. The number of amides is 1. The van der Waals surface area contributed by atoms with E-state index in [0.717, 1.165) is 33.6 Å². The molecule has 0 saturated heterocycles. The third-order valence-electron chi connectivity index (χ3n) is 6.32. The number of para-hydroxylation sites is 1. The number of pyridine rings is 1. The van der Waals surface area contributed by atoms with Crippen molar-refractivity contribution in [1.82, 2.24) is 19.3 Å². The highest BCUT2D eigenvalue weighted by Crippen LogP contribution is 2.29. The van der Waals surface area contributed by atoms with Crippen molar-refractivity contribution in [3.05, 3.63) is 93.2 Å². The molecule has 0 saturated carbocycles. The fourth-order valence-electron chi connectivity index (χ4n) is 4.54. The lowest BCUT2D eigenvalue weighted by molar-refractivity contribution is -0.119. The average molecular weight is 498 g/mol. The van der Waals surface area contributed by atoms with E-state index in [-0.39, 0.29) is 11.5 Å². The van der Waals surface area contributed by atoms with E-state index in [1.165, 1.54) is 16.9 Å². The molecule has 5 rings (SSSR count). The van der Waals surface area contributed by atoms with E-state index in [9.17, 15) is 9.59 Å². The second-order valence-electron chi connectivity index (χ2n) is 8.88. The fraction of sp³-hybridized carbons (Fsp3) is 0.214. The molecule has 3 aromatic heterocycles. The van der Waals surface area contributed by atoms with E-state index in [0.29, 0.717) is 17.2 Å². The summed E-state index contributed by atoms with van der Waals surface area (Å²) < 4.78 is 3.33. The minimum atomic E-state index is -0.731. The molecule has 8 heteroatoms. The second kappa shape index (κ2) is 9.54. The van der Waals surface area contributed by atoms with Crippen molar-refractivity contribution in [1.29, 1.82) is 0 Å². The van der Waals surface area contributed by atoms with Gasteiger partial charge in [-0.1, -0.05) is 55.0 Å². The summed E-state index contributed by atoms with van der Waals surface area (Å²) in [4.78, 5) is 31.5. The van der Waals surface area contributed by atoms with Crippen LogP contribution < -0.4 is 10.9 Å². The average Bonchev–Trinajstić information content (AvgIpc) is 3.47. The van der Waals surface area contributed by atoms with Gasteiger partial charge in [0.25, 0.3) is 5.56 Å². The van der Waals surface area contributed by atoms with Crippen LogP contribution in [0.15, 0.2) is 70.8 Å². The Balaban J connectivity index is 1.56. The van der Waals surface area contributed by atoms with Crippen molar-refractivity contribution < 1.29 is 4.79 Å². The van der Waals surface area contributed by atoms with Crippen LogP contribution in [0.25, 0.3) is 28.0 Å². The molecule has 0 aliphatic carbocycles. The first-order chi connectivity index (χ1) is 17.4. The van der Waals surface area contributed by atoms with Gasteiger partial charge in [-0.25, -0.2) is 9.67 Å². The number of carbonyl (C=O) groups is 1. The Morgan fingerprint density at radius 2 is 1.78 bits per heavy atom. The Morgan fingerprint density at radius 1 is 1.06 bits per heavy atom. The molecule has 0 radical (unpaired) electrons. The highest BCUT2D eigenvalue weighted by Gasteiger charge is 2.26. The molecule has 0 bridgehead atoms. The summed E-state index contributed by atoms with van der Waals surface area (Å²) in [5, 5.41) is 11.0. The van der Waals surface area contributed by atoms with Gasteiger partial charge >= 0.3 is 0 Å². The van der Waals surface area contributed by atoms with Gasteiger partial charge in [-0.05, 0) is 44.9 Å². The lowest BCUT2D eigenvalue weighted by Crippen LogP contribution is -2.34. The van der Waals surface area contributed by atoms with Crippen molar-refractivity contribution in [3.8, 4) is 16.9 Å². The summed E-state index contributed by atoms with van der Waals surface area (Å²) in [6.45, 7) is 7.77. The Morgan fingerprint density at radius 3 is 2.47 bits per heavy atom. The minimum Gasteiger partial charge on any atom is -0.300 e. The third kappa shape index (κ3) is 4.24. The molecule has 2 aromatic carbocycles. The molecule has 1 amide bonds. The van der Waals surface area contributed by atoms with Crippen LogP contribution in [0.2, 0.25) is 0 Å². The monoisotopic (exact) mass is 497 g/mol. The fourth-order valence-corrected chi connectivity index (χ4v) is 5.27. The molecule has 36 heavy (non-hydrogen) atoms. The van der Waals surface area contributed by atoms with Crippen LogP contribution in [0.3, 0.4) is 0 Å². The molecule has 182 valence electrons. The van der Waals surface area contributed by atoms with Crippen molar-refractivity contribution >= 4 is 33.4 Å². The minimum absolute atomic E-state index is 0.237. The van der Waals surface area contributed by atoms with Gasteiger partial charge < -0.3 is 5.32 Å². The van der Waals surface area contributed by atoms with Crippen LogP contribution in [0, 0.1) is 20.8 Å². The lowest BCUT2D eigenvalue weighted by Gasteiger charge is -2.20. The number of hydrogen-bond acceptors (Lipinski definition) is 5. The lowest BCUT2D eigenvalue weighted by atomic mass is 10.1. The summed E-state index contributed by atoms with van der Waals surface area (Å²) in [5.74, 6) is -0.284. The number of anilines is 1. The van der Waals surface area contributed by atoms with E-state index in [2.05, 4.69) is 10.3 Å². The summed E-state index contributed by atoms with van der Waals surface area (Å²) >= 11 is 1.37. The maximum Gasteiger partial charge on any atom is 0.253 e. The SMILES string of the molecule is CCC(C(=O)Nc1nc(-c2ccc(C)cc2)cs1)n1c(=O)cc(C)c2c(C)nn(-c3ccccc3)c21. The second-order valence-corrected chi connectivity index (χ2v) is 9.74. The van der Waals surface area contributed by atoms with Crippen molar-refractivity contribution in [2.24, 2.45) is 0 Å². The summed E-state index contributed by atoms with van der Waals surface area (Å²) in [6, 6.07) is 18.6. The van der Waals surface area contributed by atoms with Gasteiger partial charge in [0.2, 0.25) is 5.91 Å². The zero-order chi connectivity index (χ0) is 25.4. The van der Waals surface area contributed by atoms with Crippen LogP contribution in [0.1, 0.15) is 36.2 Å². The van der Waals surface area contributed by atoms with Crippen molar-refractivity contribution in [3.63, 3.8) is 0 Å². The Hall–Kier alpha value is -4.04. The van der Waals surface area contributed by atoms with Crippen LogP contribution in [0.4, 0.5) is 5.13 Å². The topological polar surface area (TPSA) is 81.8 Å². The standard InChI is InChI=1S/C28H27N5O2S/c1-5-23(26(35)30-28-29-22(16-36-28)20-13-11-17(2)12-14-20)32-24(34)15-18(3)25-19(4)31-33(27(25)32)21-9-7-6-8-10-21/h6-16,23H,5H2,1-4H3,(H,29,30,35). The van der Waals surface area contributed by atoms with Crippen LogP contribution in [-0.2, 0) is 4.79 Å². The number of nitrogens with zero attached hydrogens (tertiary/aromatic N) is 4. The molecule has 3 heterocycles. The predicted octanol–water partition coefficient (Wildman–Crippen LogP) is 5.83. The zero-order valence-corrected chi connectivity index (χ0v) is 21.5. The molecule has 0 aliphatic rings. The molecule has 0 aliphatic heterocycles. The van der Waals surface area contributed by atoms with Gasteiger partial charge in [-0.15, -0.1) is 11.3 Å². The molecule has 1 unspecified atom stereocenters. The predicted molar refractivity (Wildman–Crippen MR) is 145 cm³/mol. The van der Waals surface area contributed by atoms with Crippen molar-refractivity contribution in [2.45, 2.75) is 40.2 Å². The number of benzene rings is 2. The molecule has 1 atom stereocenters. The normalized spacial score (nSPS) is 12.1. The zero-order valence-electron chi connectivity index (χ0n) is 20.6. The van der Waals surface area contributed by atoms with E-state index < -0.39 is 6.04 Å². The Labute approximate surface area is 213 Å². The third-order valence-corrected chi connectivity index (χ3v) is 7.08. The molecule has 7 nitrogen and oxygen atoms in total. The van der Waals surface area contributed by atoms with Crippen LogP contribution in [-0.4, -0.2) is 25.2 Å². The number of nitrogens with one attached hydrogen (secondary N) is 1. The van der Waals surface area contributed by atoms with E-state index in [4.69, 9.17) is 5.10 Å². The van der Waals surface area contributed by atoms with Gasteiger partial charge in [0.1, 0.15) is 11.7 Å². The number of carbonyl (C=O) groups excluding carboxylic acids is 1. The largest absolute Gasteiger partial charge is 0.300 e. The molecule has 1 N–H and O–H groups in total. The van der Waals surface area contributed by atoms with Crippen LogP contribution >= 0.6 is 11.3 Å². The van der Waals surface area contributed by atoms with Crippen LogP contribution in [0.5, 0.6) is 0 Å². The highest BCUT2D eigenvalue weighted by atomic mass is 32.1. The summed E-state index contributed by atoms with van der Waals surface area (Å²) in [5.41, 5.74) is 5.81. The van der Waals surface area contributed by atoms with E-state index in [1.807, 2.05) is 87.7 Å². The Bertz CT molecular complexity index is 1610. The van der Waals surface area contributed by atoms with Gasteiger partial charge in [-0.3, -0.25) is 14.2 Å². The molecule has 0 fully saturated rings. The molecule has 5 aromatic rings. The van der Waals surface area contributed by atoms with Gasteiger partial charge in [0.15, 0.2) is 5.13 Å². The van der Waals surface area contributed by atoms with Crippen molar-refractivity contribution in [2.75, 3.05) is 5.32 Å². The maximum absolute atomic E-state index is 13.5. The first kappa shape index (κ1) is 23.7. The molecule has 0 spiro atoms. The van der Waals surface area contributed by atoms with Gasteiger partial charge in [-0.2, -0.15) is 5.10 Å². The number of aryl methyl sites for hydroxylation is 3. The van der Waals surface area contributed by atoms with Gasteiger partial charge in [0, 0.05) is 22.4 Å². The van der Waals surface area contributed by atoms with E-state index >= 15 is 0 Å².